The normalized spacial score (nSPS) is 16.4. The third kappa shape index (κ3) is 8.32. The number of carbonyl (C=O) groups is 1. The number of carbonyl (C=O) groups excluding carboxylic acids is 1. The van der Waals surface area contributed by atoms with Crippen molar-refractivity contribution >= 4 is 39.7 Å². The number of benzene rings is 1. The minimum atomic E-state index is 0.0514. The summed E-state index contributed by atoms with van der Waals surface area (Å²) in [5.41, 5.74) is 8.33. The van der Waals surface area contributed by atoms with E-state index in [1.54, 1.807) is 0 Å². The molecule has 0 saturated carbocycles. The van der Waals surface area contributed by atoms with Gasteiger partial charge in [0, 0.05) is 41.4 Å². The second kappa shape index (κ2) is 14.9. The molecule has 38 heavy (non-hydrogen) atoms. The molecule has 2 aromatic rings. The summed E-state index contributed by atoms with van der Waals surface area (Å²) >= 11 is 2.29. The van der Waals surface area contributed by atoms with Crippen LogP contribution in [0.25, 0.3) is 5.57 Å². The van der Waals surface area contributed by atoms with Crippen molar-refractivity contribution in [3.05, 3.63) is 117 Å². The van der Waals surface area contributed by atoms with Gasteiger partial charge in [-0.3, -0.25) is 9.79 Å². The molecular weight excluding hydrogens is 579 g/mol. The monoisotopic (exact) mass is 618 g/mol. The summed E-state index contributed by atoms with van der Waals surface area (Å²) in [6.45, 7) is 13.0. The lowest BCUT2D eigenvalue weighted by Gasteiger charge is -2.29. The molecule has 4 heteroatoms. The van der Waals surface area contributed by atoms with E-state index in [0.717, 1.165) is 69.6 Å². The predicted octanol–water partition coefficient (Wildman–Crippen LogP) is 9.65. The average Bonchev–Trinajstić information content (AvgIpc) is 2.90. The molecule has 0 aliphatic carbocycles. The van der Waals surface area contributed by atoms with E-state index in [1.165, 1.54) is 11.1 Å². The topological polar surface area (TPSA) is 42.3 Å². The van der Waals surface area contributed by atoms with E-state index in [0.29, 0.717) is 6.42 Å². The minimum Gasteiger partial charge on any atom is -0.294 e. The molecule has 198 valence electrons. The van der Waals surface area contributed by atoms with Gasteiger partial charge in [0.25, 0.3) is 0 Å². The van der Waals surface area contributed by atoms with E-state index >= 15 is 0 Å². The van der Waals surface area contributed by atoms with E-state index in [-0.39, 0.29) is 11.7 Å². The maximum absolute atomic E-state index is 13.2. The number of nitrogens with zero attached hydrogens (tertiary/aromatic N) is 2. The Morgan fingerprint density at radius 3 is 2.53 bits per heavy atom. The van der Waals surface area contributed by atoms with Gasteiger partial charge in [0.15, 0.2) is 5.78 Å². The molecule has 1 unspecified atom stereocenters. The zero-order chi connectivity index (χ0) is 27.5. The average molecular weight is 619 g/mol. The largest absolute Gasteiger partial charge is 0.294 e. The highest BCUT2D eigenvalue weighted by Gasteiger charge is 2.28. The van der Waals surface area contributed by atoms with E-state index in [1.807, 2.05) is 37.3 Å². The van der Waals surface area contributed by atoms with Crippen LogP contribution in [-0.4, -0.2) is 16.5 Å². The summed E-state index contributed by atoms with van der Waals surface area (Å²) < 4.78 is 0.976. The molecule has 2 heterocycles. The fraction of sp³-hybridized carbons (Fsp3) is 0.324. The van der Waals surface area contributed by atoms with Gasteiger partial charge in [0.1, 0.15) is 3.70 Å². The number of halogens is 1. The molecule has 1 aromatic heterocycles. The van der Waals surface area contributed by atoms with Gasteiger partial charge in [-0.05, 0) is 90.1 Å². The Bertz CT molecular complexity index is 1270. The van der Waals surface area contributed by atoms with E-state index in [4.69, 9.17) is 4.99 Å². The van der Waals surface area contributed by atoms with Crippen molar-refractivity contribution in [3.8, 4) is 0 Å². The standard InChI is InChI=1S/C34H39IN2O/c1-6-8-10-11-15-19-32-31(29-20-24(3)36-34(35)22-29)23-30(26(5)37-32)25(4)28(16-9-7-2)21-33(38)27-17-13-12-14-18-27/h8,10-18,20,22,30H,4,6-7,9,19,21,23H2,1-3,5H3/b10-8-,15-11-,28-16-. The molecule has 0 radical (unpaired) electrons. The SMILES string of the molecule is C=C(/C(=C\CCC)CC(=O)c1ccccc1)C1CC(c2cc(C)nc(I)c2)=C(C/C=C\C=C/CC)N=C1C. The highest BCUT2D eigenvalue weighted by Crippen LogP contribution is 2.39. The maximum Gasteiger partial charge on any atom is 0.167 e. The van der Waals surface area contributed by atoms with Crippen LogP contribution in [0.15, 0.2) is 101 Å². The lowest BCUT2D eigenvalue weighted by Crippen LogP contribution is -2.21. The van der Waals surface area contributed by atoms with Crippen LogP contribution in [0.3, 0.4) is 0 Å². The number of Topliss-reactive ketones (excluding diaryl/α,β-unsaturated/α-hetero) is 1. The number of aryl methyl sites for hydroxylation is 1. The maximum atomic E-state index is 13.2. The van der Waals surface area contributed by atoms with Crippen molar-refractivity contribution in [2.45, 2.75) is 66.2 Å². The molecule has 3 nitrogen and oxygen atoms in total. The Hall–Kier alpha value is -2.86. The van der Waals surface area contributed by atoms with Crippen molar-refractivity contribution in [1.29, 1.82) is 0 Å². The van der Waals surface area contributed by atoms with Crippen LogP contribution >= 0.6 is 22.6 Å². The Labute approximate surface area is 242 Å². The molecule has 1 aliphatic rings. The third-order valence-corrected chi connectivity index (χ3v) is 7.28. The van der Waals surface area contributed by atoms with Crippen LogP contribution in [0.4, 0.5) is 0 Å². The van der Waals surface area contributed by atoms with Crippen molar-refractivity contribution < 1.29 is 4.79 Å². The number of aromatic nitrogens is 1. The number of pyridine rings is 1. The van der Waals surface area contributed by atoms with Crippen molar-refractivity contribution in [3.63, 3.8) is 0 Å². The smallest absolute Gasteiger partial charge is 0.167 e. The van der Waals surface area contributed by atoms with Gasteiger partial charge >= 0.3 is 0 Å². The van der Waals surface area contributed by atoms with Crippen molar-refractivity contribution in [2.24, 2.45) is 10.9 Å². The summed E-state index contributed by atoms with van der Waals surface area (Å²) in [6.07, 6.45) is 15.6. The molecule has 0 N–H and O–H groups in total. The summed E-state index contributed by atoms with van der Waals surface area (Å²) in [7, 11) is 0. The fourth-order valence-corrected chi connectivity index (χ4v) is 5.41. The predicted molar refractivity (Wildman–Crippen MR) is 171 cm³/mol. The van der Waals surface area contributed by atoms with Gasteiger partial charge < -0.3 is 0 Å². The van der Waals surface area contributed by atoms with Crippen LogP contribution in [0, 0.1) is 16.5 Å². The Morgan fingerprint density at radius 2 is 1.84 bits per heavy atom. The molecule has 0 amide bonds. The number of hydrogen-bond acceptors (Lipinski definition) is 3. The van der Waals surface area contributed by atoms with Gasteiger partial charge in [0.05, 0.1) is 0 Å². The van der Waals surface area contributed by atoms with Crippen LogP contribution in [-0.2, 0) is 0 Å². The first-order valence-electron chi connectivity index (χ1n) is 13.5. The lowest BCUT2D eigenvalue weighted by atomic mass is 9.79. The lowest BCUT2D eigenvalue weighted by molar-refractivity contribution is 0.0993. The Kier molecular flexibility index (Phi) is 11.7. The Balaban J connectivity index is 1.95. The zero-order valence-corrected chi connectivity index (χ0v) is 25.3. The van der Waals surface area contributed by atoms with Crippen LogP contribution in [0.2, 0.25) is 0 Å². The Morgan fingerprint density at radius 1 is 1.11 bits per heavy atom. The summed E-state index contributed by atoms with van der Waals surface area (Å²) in [5, 5.41) is 0. The number of allylic oxidation sites excluding steroid dienone is 8. The van der Waals surface area contributed by atoms with E-state index < -0.39 is 0 Å². The van der Waals surface area contributed by atoms with Gasteiger partial charge in [-0.1, -0.05) is 87.6 Å². The molecule has 1 atom stereocenters. The van der Waals surface area contributed by atoms with Gasteiger partial charge in [-0.25, -0.2) is 4.98 Å². The third-order valence-electron chi connectivity index (χ3n) is 6.73. The molecule has 0 spiro atoms. The zero-order valence-electron chi connectivity index (χ0n) is 23.1. The summed E-state index contributed by atoms with van der Waals surface area (Å²) in [5.74, 6) is 0.177. The van der Waals surface area contributed by atoms with E-state index in [2.05, 4.69) is 97.4 Å². The molecule has 1 aromatic carbocycles. The number of aliphatic imine (C=N–C) groups is 1. The fourth-order valence-electron chi connectivity index (χ4n) is 4.69. The second-order valence-corrected chi connectivity index (χ2v) is 10.8. The molecule has 1 aliphatic heterocycles. The highest BCUT2D eigenvalue weighted by molar-refractivity contribution is 14.1. The molecular formula is C34H39IN2O. The first-order valence-corrected chi connectivity index (χ1v) is 14.6. The summed E-state index contributed by atoms with van der Waals surface area (Å²) in [6, 6.07) is 13.8. The van der Waals surface area contributed by atoms with Crippen molar-refractivity contribution in [2.75, 3.05) is 0 Å². The number of ketones is 1. The highest BCUT2D eigenvalue weighted by atomic mass is 127. The molecule has 0 fully saturated rings. The van der Waals surface area contributed by atoms with Gasteiger partial charge in [-0.2, -0.15) is 0 Å². The van der Waals surface area contributed by atoms with Gasteiger partial charge in [0.2, 0.25) is 0 Å². The van der Waals surface area contributed by atoms with Crippen LogP contribution in [0.1, 0.15) is 80.9 Å². The molecule has 0 bridgehead atoms. The quantitative estimate of drug-likeness (QED) is 0.103. The first kappa shape index (κ1) is 29.7. The number of hydrogen-bond donors (Lipinski definition) is 0. The molecule has 0 saturated heterocycles. The molecule has 3 rings (SSSR count). The first-order chi connectivity index (χ1) is 18.3. The number of unbranched alkanes of at least 4 members (excludes halogenated alkanes) is 1. The van der Waals surface area contributed by atoms with E-state index in [9.17, 15) is 4.79 Å². The van der Waals surface area contributed by atoms with Crippen LogP contribution < -0.4 is 0 Å². The second-order valence-electron chi connectivity index (χ2n) is 9.73. The van der Waals surface area contributed by atoms with Crippen molar-refractivity contribution in [1.82, 2.24) is 4.98 Å². The van der Waals surface area contributed by atoms with Gasteiger partial charge in [-0.15, -0.1) is 0 Å². The number of rotatable bonds is 12. The van der Waals surface area contributed by atoms with Crippen LogP contribution in [0.5, 0.6) is 0 Å². The summed E-state index contributed by atoms with van der Waals surface area (Å²) in [4.78, 5) is 22.9. The minimum absolute atomic E-state index is 0.0514.